The van der Waals surface area contributed by atoms with Crippen molar-refractivity contribution in [2.45, 2.75) is 18.8 Å². The summed E-state index contributed by atoms with van der Waals surface area (Å²) in [6.07, 6.45) is 4.53. The van der Waals surface area contributed by atoms with Crippen molar-refractivity contribution in [2.24, 2.45) is 5.73 Å². The van der Waals surface area contributed by atoms with Crippen LogP contribution in [0.25, 0.3) is 6.08 Å². The molecule has 3 N–H and O–H groups in total. The van der Waals surface area contributed by atoms with E-state index in [1.54, 1.807) is 6.07 Å². The Bertz CT molecular complexity index is 491. The van der Waals surface area contributed by atoms with Crippen LogP contribution in [0.1, 0.15) is 40.2 Å². The normalized spacial score (nSPS) is 21.8. The third-order valence-electron chi connectivity index (χ3n) is 3.43. The fraction of sp³-hybridized carbons (Fsp3) is 0.308. The van der Waals surface area contributed by atoms with Crippen LogP contribution >= 0.6 is 0 Å². The predicted molar refractivity (Wildman–Crippen MR) is 62.9 cm³/mol. The average Bonchev–Trinajstić information content (AvgIpc) is 2.66. The Labute approximate surface area is 94.3 Å². The lowest BCUT2D eigenvalue weighted by molar-refractivity contribution is 0.1000. The number of hydrogen-bond donors (Lipinski definition) is 2. The Hall–Kier alpha value is -1.77. The number of hydrogen-bond acceptors (Lipinski definition) is 2. The molecule has 1 heterocycles. The maximum absolute atomic E-state index is 11.2. The van der Waals surface area contributed by atoms with Gasteiger partial charge in [-0.3, -0.25) is 4.79 Å². The Kier molecular flexibility index (Phi) is 1.99. The number of benzene rings is 1. The maximum atomic E-state index is 11.2. The summed E-state index contributed by atoms with van der Waals surface area (Å²) in [6, 6.07) is 5.73. The molecule has 0 bridgehead atoms. The van der Waals surface area contributed by atoms with E-state index in [9.17, 15) is 4.79 Å². The summed E-state index contributed by atoms with van der Waals surface area (Å²) in [5.74, 6) is 0.100. The first-order chi connectivity index (χ1) is 7.75. The molecule has 1 aliphatic heterocycles. The molecule has 1 aliphatic carbocycles. The van der Waals surface area contributed by atoms with Crippen molar-refractivity contribution in [3.8, 4) is 0 Å². The van der Waals surface area contributed by atoms with Gasteiger partial charge in [-0.25, -0.2) is 0 Å². The van der Waals surface area contributed by atoms with Crippen LogP contribution in [0.4, 0.5) is 0 Å². The molecule has 2 aliphatic rings. The summed E-state index contributed by atoms with van der Waals surface area (Å²) in [4.78, 5) is 11.2. The average molecular weight is 214 g/mol. The first-order valence-corrected chi connectivity index (χ1v) is 5.65. The topological polar surface area (TPSA) is 55.1 Å². The van der Waals surface area contributed by atoms with E-state index in [1.165, 1.54) is 23.2 Å². The van der Waals surface area contributed by atoms with Gasteiger partial charge in [-0.15, -0.1) is 0 Å². The van der Waals surface area contributed by atoms with E-state index in [-0.39, 0.29) is 5.91 Å². The van der Waals surface area contributed by atoms with E-state index in [1.807, 2.05) is 12.1 Å². The van der Waals surface area contributed by atoms with Gasteiger partial charge in [0.25, 0.3) is 0 Å². The molecule has 0 saturated carbocycles. The molecule has 1 atom stereocenters. The molecule has 0 radical (unpaired) electrons. The number of fused-ring (bicyclic) bond motifs is 3. The van der Waals surface area contributed by atoms with Gasteiger partial charge in [-0.1, -0.05) is 6.07 Å². The number of amides is 1. The third kappa shape index (κ3) is 1.32. The summed E-state index contributed by atoms with van der Waals surface area (Å²) in [6.45, 7) is 1.05. The molecule has 1 saturated heterocycles. The van der Waals surface area contributed by atoms with Crippen LogP contribution < -0.4 is 11.1 Å². The second-order valence-corrected chi connectivity index (χ2v) is 4.43. The molecule has 0 aromatic heterocycles. The lowest BCUT2D eigenvalue weighted by atomic mass is 9.91. The second kappa shape index (κ2) is 3.37. The van der Waals surface area contributed by atoms with Crippen LogP contribution in [0, 0.1) is 0 Å². The SMILES string of the molecule is NC(=O)c1ccc2c(c1)C1CCCNC1=C2. The Morgan fingerprint density at radius 3 is 3.12 bits per heavy atom. The highest BCUT2D eigenvalue weighted by Gasteiger charge is 2.27. The molecule has 1 fully saturated rings. The minimum atomic E-state index is -0.347. The zero-order chi connectivity index (χ0) is 11.1. The summed E-state index contributed by atoms with van der Waals surface area (Å²) >= 11 is 0. The van der Waals surface area contributed by atoms with Crippen molar-refractivity contribution in [3.63, 3.8) is 0 Å². The van der Waals surface area contributed by atoms with Crippen LogP contribution in [-0.4, -0.2) is 12.5 Å². The van der Waals surface area contributed by atoms with E-state index in [0.717, 1.165) is 13.0 Å². The zero-order valence-electron chi connectivity index (χ0n) is 8.99. The van der Waals surface area contributed by atoms with Crippen molar-refractivity contribution in [1.29, 1.82) is 0 Å². The van der Waals surface area contributed by atoms with Crippen LogP contribution in [0.5, 0.6) is 0 Å². The number of piperidine rings is 1. The molecule has 3 nitrogen and oxygen atoms in total. The van der Waals surface area contributed by atoms with E-state index >= 15 is 0 Å². The standard InChI is InChI=1S/C13H14N2O/c14-13(16)9-4-3-8-7-12-10(11(8)6-9)2-1-5-15-12/h3-4,6-7,10,15H,1-2,5H2,(H2,14,16). The molecule has 1 unspecified atom stereocenters. The van der Waals surface area contributed by atoms with Gasteiger partial charge in [-0.05, 0) is 42.2 Å². The lowest BCUT2D eigenvalue weighted by Crippen LogP contribution is -2.24. The number of nitrogens with one attached hydrogen (secondary N) is 1. The van der Waals surface area contributed by atoms with Gasteiger partial charge in [-0.2, -0.15) is 0 Å². The maximum Gasteiger partial charge on any atom is 0.248 e. The second-order valence-electron chi connectivity index (χ2n) is 4.43. The minimum Gasteiger partial charge on any atom is -0.388 e. The van der Waals surface area contributed by atoms with Gasteiger partial charge in [0.05, 0.1) is 0 Å². The van der Waals surface area contributed by atoms with Crippen molar-refractivity contribution < 1.29 is 4.79 Å². The first-order valence-electron chi connectivity index (χ1n) is 5.65. The molecule has 82 valence electrons. The zero-order valence-corrected chi connectivity index (χ0v) is 8.99. The third-order valence-corrected chi connectivity index (χ3v) is 3.43. The lowest BCUT2D eigenvalue weighted by Gasteiger charge is -2.23. The number of carbonyl (C=O) groups is 1. The van der Waals surface area contributed by atoms with Crippen molar-refractivity contribution in [2.75, 3.05) is 6.54 Å². The Balaban J connectivity index is 2.05. The fourth-order valence-corrected chi connectivity index (χ4v) is 2.62. The smallest absolute Gasteiger partial charge is 0.248 e. The van der Waals surface area contributed by atoms with E-state index < -0.39 is 0 Å². The minimum absolute atomic E-state index is 0.347. The Morgan fingerprint density at radius 1 is 1.44 bits per heavy atom. The number of nitrogens with two attached hydrogens (primary N) is 1. The molecule has 3 heteroatoms. The molecular formula is C13H14N2O. The monoisotopic (exact) mass is 214 g/mol. The highest BCUT2D eigenvalue weighted by Crippen LogP contribution is 2.40. The van der Waals surface area contributed by atoms with Gasteiger partial charge >= 0.3 is 0 Å². The number of rotatable bonds is 1. The molecule has 1 aromatic rings. The van der Waals surface area contributed by atoms with E-state index in [4.69, 9.17) is 5.73 Å². The van der Waals surface area contributed by atoms with Crippen LogP contribution in [0.15, 0.2) is 23.9 Å². The highest BCUT2D eigenvalue weighted by molar-refractivity contribution is 5.93. The molecule has 16 heavy (non-hydrogen) atoms. The first kappa shape index (κ1) is 9.46. The van der Waals surface area contributed by atoms with Gasteiger partial charge in [0, 0.05) is 23.7 Å². The molecular weight excluding hydrogens is 200 g/mol. The number of carbonyl (C=O) groups excluding carboxylic acids is 1. The van der Waals surface area contributed by atoms with E-state index in [0.29, 0.717) is 11.5 Å². The van der Waals surface area contributed by atoms with Crippen molar-refractivity contribution in [3.05, 3.63) is 40.6 Å². The largest absolute Gasteiger partial charge is 0.388 e. The van der Waals surface area contributed by atoms with Gasteiger partial charge < -0.3 is 11.1 Å². The van der Waals surface area contributed by atoms with Crippen LogP contribution in [-0.2, 0) is 0 Å². The van der Waals surface area contributed by atoms with Crippen LogP contribution in [0.2, 0.25) is 0 Å². The highest BCUT2D eigenvalue weighted by atomic mass is 16.1. The number of allylic oxidation sites excluding steroid dienone is 1. The summed E-state index contributed by atoms with van der Waals surface area (Å²) in [7, 11) is 0. The molecule has 1 amide bonds. The van der Waals surface area contributed by atoms with E-state index in [2.05, 4.69) is 11.4 Å². The van der Waals surface area contributed by atoms with Crippen LogP contribution in [0.3, 0.4) is 0 Å². The Morgan fingerprint density at radius 2 is 2.31 bits per heavy atom. The summed E-state index contributed by atoms with van der Waals surface area (Å²) in [5, 5.41) is 3.42. The van der Waals surface area contributed by atoms with Gasteiger partial charge in [0.15, 0.2) is 0 Å². The summed E-state index contributed by atoms with van der Waals surface area (Å²) < 4.78 is 0. The predicted octanol–water partition coefficient (Wildman–Crippen LogP) is 1.61. The molecule has 1 aromatic carbocycles. The quantitative estimate of drug-likeness (QED) is 0.746. The van der Waals surface area contributed by atoms with Gasteiger partial charge in [0.2, 0.25) is 5.91 Å². The summed E-state index contributed by atoms with van der Waals surface area (Å²) in [5.41, 5.74) is 9.68. The number of primary amides is 1. The van der Waals surface area contributed by atoms with Gasteiger partial charge in [0.1, 0.15) is 0 Å². The molecule has 0 spiro atoms. The molecule has 3 rings (SSSR count). The van der Waals surface area contributed by atoms with Crippen molar-refractivity contribution in [1.82, 2.24) is 5.32 Å². The fourth-order valence-electron chi connectivity index (χ4n) is 2.62. The van der Waals surface area contributed by atoms with Crippen molar-refractivity contribution >= 4 is 12.0 Å².